The van der Waals surface area contributed by atoms with Crippen molar-refractivity contribution in [1.29, 1.82) is 0 Å². The van der Waals surface area contributed by atoms with E-state index in [2.05, 4.69) is 15.0 Å². The van der Waals surface area contributed by atoms with Gasteiger partial charge in [0.25, 0.3) is 5.91 Å². The third kappa shape index (κ3) is 3.59. The Bertz CT molecular complexity index is 483. The summed E-state index contributed by atoms with van der Waals surface area (Å²) in [5.74, 6) is -0.472. The second-order valence-corrected chi connectivity index (χ2v) is 5.96. The number of amides is 1. The predicted molar refractivity (Wildman–Crippen MR) is 76.8 cm³/mol. The standard InChI is InChI=1S/C14H23N5O2/c15-13(20)14-16-10-19(17-14)11-4-3-6-18(8-11)9-12-5-1-2-7-21-12/h10-12H,1-9H2,(H2,15,20)/t11-,12+/m0/s1. The number of hydrogen-bond acceptors (Lipinski definition) is 5. The SMILES string of the molecule is NC(=O)c1ncn([C@H]2CCCN(C[C@H]3CCCCO3)C2)n1. The minimum Gasteiger partial charge on any atom is -0.377 e. The van der Waals surface area contributed by atoms with Crippen LogP contribution >= 0.6 is 0 Å². The molecule has 0 radical (unpaired) electrons. The van der Waals surface area contributed by atoms with E-state index in [0.29, 0.717) is 6.10 Å². The molecule has 2 fully saturated rings. The highest BCUT2D eigenvalue weighted by atomic mass is 16.5. The summed E-state index contributed by atoms with van der Waals surface area (Å²) in [7, 11) is 0. The molecular formula is C14H23N5O2. The monoisotopic (exact) mass is 293 g/mol. The zero-order valence-corrected chi connectivity index (χ0v) is 12.3. The lowest BCUT2D eigenvalue weighted by atomic mass is 10.0. The number of carbonyl (C=O) groups excluding carboxylic acids is 1. The van der Waals surface area contributed by atoms with Crippen LogP contribution in [0.5, 0.6) is 0 Å². The van der Waals surface area contributed by atoms with Crippen LogP contribution in [0.1, 0.15) is 48.8 Å². The molecule has 116 valence electrons. The molecule has 0 unspecified atom stereocenters. The van der Waals surface area contributed by atoms with Gasteiger partial charge in [0.15, 0.2) is 0 Å². The van der Waals surface area contributed by atoms with E-state index >= 15 is 0 Å². The molecule has 2 saturated heterocycles. The van der Waals surface area contributed by atoms with Crippen LogP contribution in [0.25, 0.3) is 0 Å². The molecule has 1 aromatic rings. The first-order chi connectivity index (χ1) is 10.2. The van der Waals surface area contributed by atoms with Crippen molar-refractivity contribution in [3.63, 3.8) is 0 Å². The molecule has 7 nitrogen and oxygen atoms in total. The van der Waals surface area contributed by atoms with Gasteiger partial charge < -0.3 is 10.5 Å². The van der Waals surface area contributed by atoms with Crippen molar-refractivity contribution in [2.24, 2.45) is 5.73 Å². The van der Waals surface area contributed by atoms with E-state index in [1.54, 1.807) is 11.0 Å². The Labute approximate surface area is 124 Å². The number of primary amides is 1. The molecule has 7 heteroatoms. The Morgan fingerprint density at radius 3 is 3.00 bits per heavy atom. The van der Waals surface area contributed by atoms with Gasteiger partial charge in [0.2, 0.25) is 5.82 Å². The van der Waals surface area contributed by atoms with Gasteiger partial charge in [0.1, 0.15) is 6.33 Å². The maximum absolute atomic E-state index is 11.1. The van der Waals surface area contributed by atoms with E-state index in [-0.39, 0.29) is 11.9 Å². The highest BCUT2D eigenvalue weighted by Crippen LogP contribution is 2.22. The van der Waals surface area contributed by atoms with Crippen molar-refractivity contribution in [1.82, 2.24) is 19.7 Å². The van der Waals surface area contributed by atoms with Gasteiger partial charge in [-0.25, -0.2) is 9.67 Å². The van der Waals surface area contributed by atoms with Crippen molar-refractivity contribution in [3.05, 3.63) is 12.2 Å². The van der Waals surface area contributed by atoms with Crippen LogP contribution in [0.15, 0.2) is 6.33 Å². The lowest BCUT2D eigenvalue weighted by Crippen LogP contribution is -2.42. The fraction of sp³-hybridized carbons (Fsp3) is 0.786. The van der Waals surface area contributed by atoms with Crippen molar-refractivity contribution in [2.75, 3.05) is 26.2 Å². The van der Waals surface area contributed by atoms with Gasteiger partial charge in [-0.3, -0.25) is 9.69 Å². The van der Waals surface area contributed by atoms with Gasteiger partial charge in [-0.1, -0.05) is 0 Å². The summed E-state index contributed by atoms with van der Waals surface area (Å²) in [5.41, 5.74) is 5.20. The van der Waals surface area contributed by atoms with Crippen LogP contribution in [-0.2, 0) is 4.74 Å². The molecule has 1 amide bonds. The minimum absolute atomic E-state index is 0.0998. The Kier molecular flexibility index (Phi) is 4.50. The molecule has 3 rings (SSSR count). The van der Waals surface area contributed by atoms with E-state index in [1.165, 1.54) is 12.8 Å². The molecule has 2 aliphatic rings. The molecule has 2 atom stereocenters. The maximum Gasteiger partial charge on any atom is 0.288 e. The van der Waals surface area contributed by atoms with Gasteiger partial charge in [-0.2, -0.15) is 0 Å². The summed E-state index contributed by atoms with van der Waals surface area (Å²) < 4.78 is 7.61. The highest BCUT2D eigenvalue weighted by molar-refractivity contribution is 5.88. The maximum atomic E-state index is 11.1. The number of rotatable bonds is 4. The first-order valence-electron chi connectivity index (χ1n) is 7.77. The number of nitrogens with zero attached hydrogens (tertiary/aromatic N) is 4. The summed E-state index contributed by atoms with van der Waals surface area (Å²) in [6.07, 6.45) is 7.80. The number of likely N-dealkylation sites (tertiary alicyclic amines) is 1. The second-order valence-electron chi connectivity index (χ2n) is 5.96. The molecule has 3 heterocycles. The zero-order chi connectivity index (χ0) is 14.7. The van der Waals surface area contributed by atoms with Crippen LogP contribution in [0.4, 0.5) is 0 Å². The molecule has 0 bridgehead atoms. The zero-order valence-electron chi connectivity index (χ0n) is 12.3. The molecule has 2 aliphatic heterocycles. The number of aromatic nitrogens is 3. The lowest BCUT2D eigenvalue weighted by molar-refractivity contribution is -0.0125. The van der Waals surface area contributed by atoms with E-state index in [4.69, 9.17) is 10.5 Å². The van der Waals surface area contributed by atoms with Crippen LogP contribution in [0.2, 0.25) is 0 Å². The molecule has 0 saturated carbocycles. The fourth-order valence-electron chi connectivity index (χ4n) is 3.22. The number of carbonyl (C=O) groups is 1. The lowest BCUT2D eigenvalue weighted by Gasteiger charge is -2.35. The van der Waals surface area contributed by atoms with E-state index in [1.807, 2.05) is 0 Å². The molecular weight excluding hydrogens is 270 g/mol. The number of nitrogens with two attached hydrogens (primary N) is 1. The number of ether oxygens (including phenoxy) is 1. The second kappa shape index (κ2) is 6.53. The Hall–Kier alpha value is -1.47. The van der Waals surface area contributed by atoms with Crippen molar-refractivity contribution in [2.45, 2.75) is 44.2 Å². The third-order valence-electron chi connectivity index (χ3n) is 4.32. The largest absolute Gasteiger partial charge is 0.377 e. The highest BCUT2D eigenvalue weighted by Gasteiger charge is 2.25. The first kappa shape index (κ1) is 14.5. The summed E-state index contributed by atoms with van der Waals surface area (Å²) in [4.78, 5) is 17.5. The molecule has 0 spiro atoms. The quantitative estimate of drug-likeness (QED) is 0.877. The summed E-state index contributed by atoms with van der Waals surface area (Å²) in [6.45, 7) is 3.93. The molecule has 1 aromatic heterocycles. The molecule has 21 heavy (non-hydrogen) atoms. The Morgan fingerprint density at radius 2 is 2.29 bits per heavy atom. The van der Waals surface area contributed by atoms with Crippen molar-refractivity contribution >= 4 is 5.91 Å². The number of piperidine rings is 1. The van der Waals surface area contributed by atoms with Crippen LogP contribution in [0.3, 0.4) is 0 Å². The first-order valence-corrected chi connectivity index (χ1v) is 7.77. The van der Waals surface area contributed by atoms with Crippen molar-refractivity contribution in [3.8, 4) is 0 Å². The van der Waals surface area contributed by atoms with Gasteiger partial charge in [0, 0.05) is 19.7 Å². The van der Waals surface area contributed by atoms with Gasteiger partial charge in [-0.05, 0) is 38.6 Å². The summed E-state index contributed by atoms with van der Waals surface area (Å²) in [5, 5.41) is 4.19. The smallest absolute Gasteiger partial charge is 0.288 e. The normalized spacial score (nSPS) is 27.6. The Balaban J connectivity index is 1.58. The third-order valence-corrected chi connectivity index (χ3v) is 4.32. The van der Waals surface area contributed by atoms with Crippen LogP contribution < -0.4 is 5.73 Å². The van der Waals surface area contributed by atoms with Gasteiger partial charge >= 0.3 is 0 Å². The van der Waals surface area contributed by atoms with Crippen LogP contribution in [0, 0.1) is 0 Å². The van der Waals surface area contributed by atoms with Crippen molar-refractivity contribution < 1.29 is 9.53 Å². The molecule has 0 aromatic carbocycles. The average molecular weight is 293 g/mol. The summed E-state index contributed by atoms with van der Waals surface area (Å²) in [6, 6.07) is 0.267. The van der Waals surface area contributed by atoms with E-state index in [0.717, 1.165) is 45.5 Å². The fourth-order valence-corrected chi connectivity index (χ4v) is 3.22. The van der Waals surface area contributed by atoms with Crippen LogP contribution in [-0.4, -0.2) is 57.9 Å². The van der Waals surface area contributed by atoms with E-state index in [9.17, 15) is 4.79 Å². The van der Waals surface area contributed by atoms with Gasteiger partial charge in [0.05, 0.1) is 12.1 Å². The van der Waals surface area contributed by atoms with E-state index < -0.39 is 5.91 Å². The topological polar surface area (TPSA) is 86.3 Å². The number of hydrogen-bond donors (Lipinski definition) is 1. The molecule has 2 N–H and O–H groups in total. The van der Waals surface area contributed by atoms with Gasteiger partial charge in [-0.15, -0.1) is 5.10 Å². The summed E-state index contributed by atoms with van der Waals surface area (Å²) >= 11 is 0. The average Bonchev–Trinajstić information content (AvgIpc) is 2.99. The predicted octanol–water partition coefficient (Wildman–Crippen LogP) is 0.583. The Morgan fingerprint density at radius 1 is 1.38 bits per heavy atom. The molecule has 0 aliphatic carbocycles. The minimum atomic E-state index is -0.572.